The van der Waals surface area contributed by atoms with Gasteiger partial charge in [0.1, 0.15) is 0 Å². The van der Waals surface area contributed by atoms with E-state index in [4.69, 9.17) is 4.74 Å². The molecule has 0 aromatic rings. The minimum absolute atomic E-state index is 0.843. The fraction of sp³-hybridized carbons (Fsp3) is 1.00. The van der Waals surface area contributed by atoms with E-state index in [9.17, 15) is 0 Å². The minimum atomic E-state index is 0.843. The lowest BCUT2D eigenvalue weighted by molar-refractivity contribution is 0.127. The van der Waals surface area contributed by atoms with E-state index < -0.39 is 0 Å². The highest BCUT2D eigenvalue weighted by Gasteiger charge is 2.07. The maximum Gasteiger partial charge on any atom is 0.0468 e. The quantitative estimate of drug-likeness (QED) is 0.535. The largest absolute Gasteiger partial charge is 0.382 e. The average molecular weight is 245 g/mol. The summed E-state index contributed by atoms with van der Waals surface area (Å²) >= 11 is 0. The van der Waals surface area contributed by atoms with Crippen LogP contribution in [0.25, 0.3) is 0 Å². The van der Waals surface area contributed by atoms with Gasteiger partial charge in [0, 0.05) is 13.2 Å². The van der Waals surface area contributed by atoms with Crippen LogP contribution in [-0.4, -0.2) is 38.3 Å². The van der Waals surface area contributed by atoms with Crippen LogP contribution in [-0.2, 0) is 4.74 Å². The second-order valence-electron chi connectivity index (χ2n) is 4.35. The van der Waals surface area contributed by atoms with Gasteiger partial charge in [-0.25, -0.2) is 0 Å². The Morgan fingerprint density at radius 3 is 2.12 bits per heavy atom. The van der Waals surface area contributed by atoms with Crippen molar-refractivity contribution in [2.75, 3.05) is 33.4 Å². The van der Waals surface area contributed by atoms with Crippen LogP contribution in [0.15, 0.2) is 0 Å². The molecule has 0 bridgehead atoms. The van der Waals surface area contributed by atoms with Crippen molar-refractivity contribution in [2.24, 2.45) is 5.92 Å². The summed E-state index contributed by atoms with van der Waals surface area (Å²) in [4.78, 5) is 2.43. The molecule has 0 aliphatic heterocycles. The van der Waals surface area contributed by atoms with Crippen LogP contribution in [0.1, 0.15) is 60.3 Å². The van der Waals surface area contributed by atoms with Gasteiger partial charge in [-0.2, -0.15) is 0 Å². The number of ether oxygens (including phenoxy) is 1. The summed E-state index contributed by atoms with van der Waals surface area (Å²) in [6, 6.07) is 0. The molecule has 106 valence electrons. The van der Waals surface area contributed by atoms with Crippen LogP contribution in [0.3, 0.4) is 0 Å². The molecule has 2 nitrogen and oxygen atoms in total. The molecule has 17 heavy (non-hydrogen) atoms. The third kappa shape index (κ3) is 13.9. The zero-order valence-electron chi connectivity index (χ0n) is 13.1. The summed E-state index contributed by atoms with van der Waals surface area (Å²) in [6.07, 6.45) is 5.09. The maximum absolute atomic E-state index is 5.41. The lowest BCUT2D eigenvalue weighted by Gasteiger charge is -2.20. The highest BCUT2D eigenvalue weighted by Crippen LogP contribution is 2.13. The molecule has 2 heteroatoms. The molecule has 0 saturated carbocycles. The molecular weight excluding hydrogens is 210 g/mol. The third-order valence-corrected chi connectivity index (χ3v) is 2.98. The first kappa shape index (κ1) is 19.3. The van der Waals surface area contributed by atoms with Crippen LogP contribution in [0.5, 0.6) is 0 Å². The van der Waals surface area contributed by atoms with Gasteiger partial charge in [-0.1, -0.05) is 34.1 Å². The van der Waals surface area contributed by atoms with Crippen molar-refractivity contribution >= 4 is 0 Å². The average Bonchev–Trinajstić information content (AvgIpc) is 2.36. The molecule has 0 saturated heterocycles. The summed E-state index contributed by atoms with van der Waals surface area (Å²) in [6.45, 7) is 14.8. The molecular formula is C15H35NO. The van der Waals surface area contributed by atoms with Gasteiger partial charge >= 0.3 is 0 Å². The molecule has 0 amide bonds. The van der Waals surface area contributed by atoms with Crippen molar-refractivity contribution in [3.8, 4) is 0 Å². The molecule has 1 unspecified atom stereocenters. The van der Waals surface area contributed by atoms with Gasteiger partial charge in [0.05, 0.1) is 0 Å². The van der Waals surface area contributed by atoms with E-state index in [2.05, 4.69) is 32.7 Å². The van der Waals surface area contributed by atoms with Crippen molar-refractivity contribution < 1.29 is 4.74 Å². The SMILES string of the molecule is CC.CCCN(C)CCC(CC)CCOCC. The van der Waals surface area contributed by atoms with Gasteiger partial charge in [0.2, 0.25) is 0 Å². The molecule has 0 radical (unpaired) electrons. The van der Waals surface area contributed by atoms with E-state index in [-0.39, 0.29) is 0 Å². The Kier molecular flexibility index (Phi) is 18.0. The Hall–Kier alpha value is -0.0800. The Labute approximate surface area is 110 Å². The lowest BCUT2D eigenvalue weighted by atomic mass is 9.99. The first-order chi connectivity index (χ1) is 8.24. The summed E-state index contributed by atoms with van der Waals surface area (Å²) in [7, 11) is 2.22. The first-order valence-corrected chi connectivity index (χ1v) is 7.50. The summed E-state index contributed by atoms with van der Waals surface area (Å²) in [5.41, 5.74) is 0. The van der Waals surface area contributed by atoms with Crippen molar-refractivity contribution in [1.29, 1.82) is 0 Å². The van der Waals surface area contributed by atoms with Crippen LogP contribution in [0.2, 0.25) is 0 Å². The lowest BCUT2D eigenvalue weighted by Crippen LogP contribution is -2.22. The van der Waals surface area contributed by atoms with E-state index in [1.165, 1.54) is 38.8 Å². The molecule has 0 heterocycles. The number of nitrogens with zero attached hydrogens (tertiary/aromatic N) is 1. The van der Waals surface area contributed by atoms with E-state index in [1.807, 2.05) is 13.8 Å². The van der Waals surface area contributed by atoms with Crippen LogP contribution >= 0.6 is 0 Å². The Bertz CT molecular complexity index is 128. The smallest absolute Gasteiger partial charge is 0.0468 e. The zero-order valence-corrected chi connectivity index (χ0v) is 13.1. The second-order valence-corrected chi connectivity index (χ2v) is 4.35. The predicted molar refractivity (Wildman–Crippen MR) is 78.6 cm³/mol. The predicted octanol–water partition coefficient (Wildman–Crippen LogP) is 4.20. The second kappa shape index (κ2) is 15.9. The molecule has 0 spiro atoms. The summed E-state index contributed by atoms with van der Waals surface area (Å²) < 4.78 is 5.41. The normalized spacial score (nSPS) is 12.2. The van der Waals surface area contributed by atoms with Gasteiger partial charge in [0.15, 0.2) is 0 Å². The molecule has 0 rings (SSSR count). The van der Waals surface area contributed by atoms with E-state index in [0.29, 0.717) is 0 Å². The fourth-order valence-electron chi connectivity index (χ4n) is 1.84. The molecule has 0 aromatic carbocycles. The molecule has 0 fully saturated rings. The van der Waals surface area contributed by atoms with Gasteiger partial charge in [-0.3, -0.25) is 0 Å². The molecule has 1 atom stereocenters. The Balaban J connectivity index is 0. The first-order valence-electron chi connectivity index (χ1n) is 7.50. The minimum Gasteiger partial charge on any atom is -0.382 e. The third-order valence-electron chi connectivity index (χ3n) is 2.98. The molecule has 0 aromatic heterocycles. The zero-order chi connectivity index (χ0) is 13.5. The maximum atomic E-state index is 5.41. The number of hydrogen-bond donors (Lipinski definition) is 0. The standard InChI is InChI=1S/C13H29NO.C2H6/c1-5-10-14(4)11-8-13(6-2)9-12-15-7-3;1-2/h13H,5-12H2,1-4H3;1-2H3. The number of rotatable bonds is 10. The monoisotopic (exact) mass is 245 g/mol. The van der Waals surface area contributed by atoms with Gasteiger partial charge < -0.3 is 9.64 Å². The highest BCUT2D eigenvalue weighted by molar-refractivity contribution is 4.60. The molecule has 0 aliphatic rings. The molecule has 0 aliphatic carbocycles. The van der Waals surface area contributed by atoms with Crippen LogP contribution < -0.4 is 0 Å². The van der Waals surface area contributed by atoms with E-state index in [1.54, 1.807) is 0 Å². The Morgan fingerprint density at radius 2 is 1.65 bits per heavy atom. The van der Waals surface area contributed by atoms with Gasteiger partial charge in [0.25, 0.3) is 0 Å². The van der Waals surface area contributed by atoms with Crippen molar-refractivity contribution in [3.63, 3.8) is 0 Å². The summed E-state index contributed by atoms with van der Waals surface area (Å²) in [5.74, 6) is 0.843. The highest BCUT2D eigenvalue weighted by atomic mass is 16.5. The number of hydrogen-bond acceptors (Lipinski definition) is 2. The van der Waals surface area contributed by atoms with Crippen molar-refractivity contribution in [2.45, 2.75) is 60.3 Å². The van der Waals surface area contributed by atoms with Gasteiger partial charge in [-0.05, 0) is 52.2 Å². The summed E-state index contributed by atoms with van der Waals surface area (Å²) in [5, 5.41) is 0. The molecule has 0 N–H and O–H groups in total. The fourth-order valence-corrected chi connectivity index (χ4v) is 1.84. The van der Waals surface area contributed by atoms with Crippen molar-refractivity contribution in [3.05, 3.63) is 0 Å². The van der Waals surface area contributed by atoms with Crippen LogP contribution in [0.4, 0.5) is 0 Å². The van der Waals surface area contributed by atoms with E-state index >= 15 is 0 Å². The van der Waals surface area contributed by atoms with Crippen LogP contribution in [0, 0.1) is 5.92 Å². The Morgan fingerprint density at radius 1 is 1.00 bits per heavy atom. The van der Waals surface area contributed by atoms with Gasteiger partial charge in [-0.15, -0.1) is 0 Å². The van der Waals surface area contributed by atoms with Crippen molar-refractivity contribution in [1.82, 2.24) is 4.90 Å². The topological polar surface area (TPSA) is 12.5 Å². The van der Waals surface area contributed by atoms with E-state index in [0.717, 1.165) is 19.1 Å².